The Kier molecular flexibility index (Phi) is 7.98. The largest absolute Gasteiger partial charge is 0.375 e. The van der Waals surface area contributed by atoms with Crippen LogP contribution in [0, 0.1) is 0 Å². The predicted octanol–water partition coefficient (Wildman–Crippen LogP) is 14.9. The summed E-state index contributed by atoms with van der Waals surface area (Å²) in [6, 6.07) is 45.3. The van der Waals surface area contributed by atoms with Gasteiger partial charge in [-0.25, -0.2) is 0 Å². The van der Waals surface area contributed by atoms with Crippen LogP contribution in [0.2, 0.25) is 0 Å². The Labute approximate surface area is 368 Å². The van der Waals surface area contributed by atoms with Crippen LogP contribution in [0.5, 0.6) is 0 Å². The van der Waals surface area contributed by atoms with E-state index in [1.165, 1.54) is 117 Å². The number of benzene rings is 6. The average Bonchev–Trinajstić information content (AvgIpc) is 3.59. The Hall–Kier alpha value is -5.06. The van der Waals surface area contributed by atoms with Crippen molar-refractivity contribution < 1.29 is 0 Å². The second kappa shape index (κ2) is 12.5. The van der Waals surface area contributed by atoms with Crippen LogP contribution < -0.4 is 20.0 Å². The van der Waals surface area contributed by atoms with Gasteiger partial charge in [0.15, 0.2) is 0 Å². The molecule has 4 heteroatoms. The quantitative estimate of drug-likeness (QED) is 0.160. The molecule has 1 aliphatic carbocycles. The van der Waals surface area contributed by atoms with Crippen LogP contribution in [-0.2, 0) is 27.1 Å². The first kappa shape index (κ1) is 38.8. The van der Waals surface area contributed by atoms with Crippen molar-refractivity contribution in [1.29, 1.82) is 0 Å². The molecule has 0 bridgehead atoms. The summed E-state index contributed by atoms with van der Waals surface area (Å²) in [5, 5.41) is 1.38. The zero-order chi connectivity index (χ0) is 42.8. The van der Waals surface area contributed by atoms with E-state index in [1.807, 2.05) is 11.3 Å². The fourth-order valence-electron chi connectivity index (χ4n) is 11.4. The van der Waals surface area contributed by atoms with Gasteiger partial charge >= 0.3 is 6.85 Å². The molecule has 0 saturated carbocycles. The van der Waals surface area contributed by atoms with Crippen molar-refractivity contribution in [2.45, 2.75) is 123 Å². The Morgan fingerprint density at radius 3 is 1.87 bits per heavy atom. The molecule has 0 amide bonds. The van der Waals surface area contributed by atoms with Gasteiger partial charge in [0.25, 0.3) is 0 Å². The van der Waals surface area contributed by atoms with Crippen LogP contribution in [0.25, 0.3) is 32.3 Å². The van der Waals surface area contributed by atoms with Gasteiger partial charge < -0.3 is 9.71 Å². The van der Waals surface area contributed by atoms with Gasteiger partial charge in [0.2, 0.25) is 0 Å². The molecule has 61 heavy (non-hydrogen) atoms. The molecule has 11 rings (SSSR count). The summed E-state index contributed by atoms with van der Waals surface area (Å²) in [5.41, 5.74) is 21.7. The maximum atomic E-state index is 2.77. The van der Waals surface area contributed by atoms with Gasteiger partial charge in [0, 0.05) is 48.5 Å². The standard InChI is InChI=1S/C57H59BN2S/c1-53(2,3)35-25-26-45(38(29-35)34-19-14-13-15-20-34)59-47-31-36(54(4,5)6)30-39-37-21-18-23-42-50(37)60(46-24-17-16-22-41(46)57(42,11)12)58(49(39)47)52-51(59)40-32-43-44(33-48(40)61-52)56(9,10)28-27-55(43,7)8/h13-26,29-33H,27-28H2,1-12H3. The van der Waals surface area contributed by atoms with Crippen LogP contribution in [0.15, 0.2) is 115 Å². The third-order valence-electron chi connectivity index (χ3n) is 15.2. The zero-order valence-corrected chi connectivity index (χ0v) is 39.1. The summed E-state index contributed by atoms with van der Waals surface area (Å²) in [6.07, 6.45) is 2.38. The van der Waals surface area contributed by atoms with Crippen molar-refractivity contribution in [2.24, 2.45) is 0 Å². The van der Waals surface area contributed by atoms with E-state index in [0.717, 1.165) is 0 Å². The maximum absolute atomic E-state index is 2.77. The van der Waals surface area contributed by atoms with Gasteiger partial charge in [-0.05, 0) is 121 Å². The summed E-state index contributed by atoms with van der Waals surface area (Å²) in [6.45, 7) is 28.9. The molecule has 3 aliphatic heterocycles. The Bertz CT molecular complexity index is 2990. The molecule has 0 unspecified atom stereocenters. The average molecular weight is 815 g/mol. The lowest BCUT2D eigenvalue weighted by atomic mass is 9.45. The van der Waals surface area contributed by atoms with E-state index >= 15 is 0 Å². The predicted molar refractivity (Wildman–Crippen MR) is 266 cm³/mol. The van der Waals surface area contributed by atoms with Crippen molar-refractivity contribution in [3.05, 3.63) is 149 Å². The van der Waals surface area contributed by atoms with E-state index in [1.54, 1.807) is 0 Å². The summed E-state index contributed by atoms with van der Waals surface area (Å²) in [7, 11) is 0. The van der Waals surface area contributed by atoms with Gasteiger partial charge in [-0.15, -0.1) is 11.3 Å². The molecule has 2 nitrogen and oxygen atoms in total. The molecule has 0 radical (unpaired) electrons. The molecule has 4 heterocycles. The molecular formula is C57H59BN2S. The highest BCUT2D eigenvalue weighted by Gasteiger charge is 2.52. The third-order valence-corrected chi connectivity index (χ3v) is 16.4. The zero-order valence-electron chi connectivity index (χ0n) is 38.3. The first-order chi connectivity index (χ1) is 28.8. The second-order valence-corrected chi connectivity index (χ2v) is 23.6. The molecule has 0 spiro atoms. The van der Waals surface area contributed by atoms with Crippen molar-refractivity contribution in [3.63, 3.8) is 0 Å². The highest BCUT2D eigenvalue weighted by atomic mass is 32.1. The number of anilines is 5. The summed E-state index contributed by atoms with van der Waals surface area (Å²) < 4.78 is 2.82. The minimum Gasteiger partial charge on any atom is -0.375 e. The highest BCUT2D eigenvalue weighted by Crippen LogP contribution is 2.59. The van der Waals surface area contributed by atoms with Crippen LogP contribution in [0.3, 0.4) is 0 Å². The number of hydrogen-bond acceptors (Lipinski definition) is 3. The third kappa shape index (κ3) is 5.46. The van der Waals surface area contributed by atoms with Crippen molar-refractivity contribution in [1.82, 2.24) is 0 Å². The summed E-state index contributed by atoms with van der Waals surface area (Å²) in [5.74, 6) is 0. The minimum absolute atomic E-state index is 0.000593. The van der Waals surface area contributed by atoms with Gasteiger partial charge in [0.05, 0.1) is 11.4 Å². The van der Waals surface area contributed by atoms with E-state index in [2.05, 4.69) is 208 Å². The fourth-order valence-corrected chi connectivity index (χ4v) is 12.7. The van der Waals surface area contributed by atoms with Crippen LogP contribution in [0.1, 0.15) is 129 Å². The van der Waals surface area contributed by atoms with E-state index in [0.29, 0.717) is 0 Å². The minimum atomic E-state index is -0.153. The Balaban J connectivity index is 1.33. The highest BCUT2D eigenvalue weighted by molar-refractivity contribution is 7.32. The lowest BCUT2D eigenvalue weighted by molar-refractivity contribution is 0.332. The van der Waals surface area contributed by atoms with Crippen molar-refractivity contribution in [2.75, 3.05) is 9.71 Å². The number of hydrogen-bond donors (Lipinski definition) is 0. The number of rotatable bonds is 2. The first-order valence-electron chi connectivity index (χ1n) is 22.6. The summed E-state index contributed by atoms with van der Waals surface area (Å²) in [4.78, 5) is 5.50. The number of nitrogens with zero attached hydrogens (tertiary/aromatic N) is 2. The van der Waals surface area contributed by atoms with Crippen molar-refractivity contribution >= 4 is 66.9 Å². The van der Waals surface area contributed by atoms with Gasteiger partial charge in [-0.2, -0.15) is 0 Å². The lowest BCUT2D eigenvalue weighted by Crippen LogP contribution is -2.62. The molecule has 0 fully saturated rings. The van der Waals surface area contributed by atoms with Crippen LogP contribution >= 0.6 is 11.3 Å². The molecular weight excluding hydrogens is 756 g/mol. The molecule has 4 aliphatic rings. The van der Waals surface area contributed by atoms with E-state index < -0.39 is 0 Å². The van der Waals surface area contributed by atoms with E-state index in [-0.39, 0.29) is 33.9 Å². The SMILES string of the molecule is CC(C)(C)c1ccc(N2c3cc(C(C)(C)C)cc4c3B(c3sc5cc6c(cc5c32)C(C)(C)CCC6(C)C)N2c3ccccc3C(C)(C)c3cccc-4c32)c(-c2ccccc2)c1. The smallest absolute Gasteiger partial charge is 0.343 e. The van der Waals surface area contributed by atoms with E-state index in [9.17, 15) is 0 Å². The lowest BCUT2D eigenvalue weighted by Gasteiger charge is -2.51. The number of para-hydroxylation sites is 2. The monoisotopic (exact) mass is 814 g/mol. The molecule has 6 aromatic carbocycles. The Morgan fingerprint density at radius 2 is 1.16 bits per heavy atom. The van der Waals surface area contributed by atoms with Gasteiger partial charge in [-0.1, -0.05) is 162 Å². The van der Waals surface area contributed by atoms with Crippen LogP contribution in [0.4, 0.5) is 28.4 Å². The van der Waals surface area contributed by atoms with E-state index in [4.69, 9.17) is 0 Å². The number of thiophene rings is 1. The Morgan fingerprint density at radius 1 is 0.525 bits per heavy atom. The summed E-state index contributed by atoms with van der Waals surface area (Å²) >= 11 is 2.04. The molecule has 0 saturated heterocycles. The number of fused-ring (bicyclic) bond motifs is 9. The molecule has 306 valence electrons. The molecule has 0 N–H and O–H groups in total. The van der Waals surface area contributed by atoms with Crippen LogP contribution in [-0.4, -0.2) is 6.85 Å². The maximum Gasteiger partial charge on any atom is 0.343 e. The first-order valence-corrected chi connectivity index (χ1v) is 23.4. The normalized spacial score (nSPS) is 17.7. The van der Waals surface area contributed by atoms with Gasteiger partial charge in [0.1, 0.15) is 0 Å². The second-order valence-electron chi connectivity index (χ2n) is 22.5. The van der Waals surface area contributed by atoms with Gasteiger partial charge in [-0.3, -0.25) is 0 Å². The fraction of sp³-hybridized carbons (Fsp3) is 0.333. The molecule has 0 atom stereocenters. The van der Waals surface area contributed by atoms with Crippen molar-refractivity contribution in [3.8, 4) is 22.3 Å². The molecule has 1 aromatic heterocycles. The topological polar surface area (TPSA) is 6.48 Å². The molecule has 7 aromatic rings.